The molecule has 1 aromatic heterocycles. The summed E-state index contributed by atoms with van der Waals surface area (Å²) in [6.45, 7) is 0.286. The van der Waals surface area contributed by atoms with Crippen molar-refractivity contribution in [1.29, 1.82) is 0 Å². The first-order chi connectivity index (χ1) is 9.54. The zero-order valence-corrected chi connectivity index (χ0v) is 11.6. The van der Waals surface area contributed by atoms with E-state index in [9.17, 15) is 15.2 Å². The summed E-state index contributed by atoms with van der Waals surface area (Å²) in [6, 6.07) is 2.96. The molecule has 0 radical (unpaired) electrons. The normalized spacial score (nSPS) is 17.5. The van der Waals surface area contributed by atoms with E-state index in [0.29, 0.717) is 5.82 Å². The highest BCUT2D eigenvalue weighted by Gasteiger charge is 2.30. The van der Waals surface area contributed by atoms with Gasteiger partial charge in [-0.2, -0.15) is 0 Å². The summed E-state index contributed by atoms with van der Waals surface area (Å²) in [5.41, 5.74) is -0.868. The number of hydrogen-bond acceptors (Lipinski definition) is 6. The lowest BCUT2D eigenvalue weighted by molar-refractivity contribution is -0.384. The van der Waals surface area contributed by atoms with Crippen LogP contribution in [0.2, 0.25) is 0 Å². The molecule has 0 aliphatic heterocycles. The van der Waals surface area contributed by atoms with Crippen molar-refractivity contribution in [2.75, 3.05) is 24.2 Å². The van der Waals surface area contributed by atoms with E-state index in [4.69, 9.17) is 0 Å². The van der Waals surface area contributed by atoms with Crippen molar-refractivity contribution < 1.29 is 10.0 Å². The smallest absolute Gasteiger partial charge is 0.311 e. The molecule has 1 fully saturated rings. The van der Waals surface area contributed by atoms with Gasteiger partial charge < -0.3 is 15.7 Å². The zero-order valence-electron chi connectivity index (χ0n) is 11.6. The summed E-state index contributed by atoms with van der Waals surface area (Å²) in [4.78, 5) is 14.7. The Kier molecular flexibility index (Phi) is 4.39. The first-order valence-corrected chi connectivity index (χ1v) is 6.83. The number of aliphatic hydroxyl groups is 1. The van der Waals surface area contributed by atoms with Crippen LogP contribution in [0.1, 0.15) is 32.1 Å². The van der Waals surface area contributed by atoms with Gasteiger partial charge in [0.25, 0.3) is 0 Å². The molecule has 0 aromatic carbocycles. The van der Waals surface area contributed by atoms with Crippen LogP contribution in [0.3, 0.4) is 0 Å². The predicted molar refractivity (Wildman–Crippen MR) is 77.0 cm³/mol. The van der Waals surface area contributed by atoms with Crippen LogP contribution < -0.4 is 10.6 Å². The second-order valence-corrected chi connectivity index (χ2v) is 5.21. The van der Waals surface area contributed by atoms with Crippen LogP contribution in [-0.4, -0.2) is 34.2 Å². The molecule has 0 saturated heterocycles. The molecule has 3 N–H and O–H groups in total. The molecule has 1 aliphatic rings. The molecule has 1 saturated carbocycles. The van der Waals surface area contributed by atoms with E-state index in [0.717, 1.165) is 32.1 Å². The molecule has 0 unspecified atom stereocenters. The van der Waals surface area contributed by atoms with Gasteiger partial charge in [0, 0.05) is 19.7 Å². The summed E-state index contributed by atoms with van der Waals surface area (Å²) in [5, 5.41) is 27.2. The van der Waals surface area contributed by atoms with Gasteiger partial charge in [0.2, 0.25) is 5.82 Å². The molecule has 110 valence electrons. The first-order valence-electron chi connectivity index (χ1n) is 6.83. The molecule has 7 heteroatoms. The molecule has 7 nitrogen and oxygen atoms in total. The van der Waals surface area contributed by atoms with E-state index in [-0.39, 0.29) is 18.1 Å². The van der Waals surface area contributed by atoms with Crippen molar-refractivity contribution in [1.82, 2.24) is 4.98 Å². The van der Waals surface area contributed by atoms with E-state index >= 15 is 0 Å². The quantitative estimate of drug-likeness (QED) is 0.564. The van der Waals surface area contributed by atoms with Crippen molar-refractivity contribution in [3.05, 3.63) is 22.2 Å². The van der Waals surface area contributed by atoms with Crippen LogP contribution in [0.5, 0.6) is 0 Å². The lowest BCUT2D eigenvalue weighted by Crippen LogP contribution is -2.39. The number of hydrogen-bond donors (Lipinski definition) is 3. The van der Waals surface area contributed by atoms with Gasteiger partial charge in [-0.1, -0.05) is 19.3 Å². The zero-order chi connectivity index (χ0) is 14.6. The molecule has 0 amide bonds. The molecule has 0 spiro atoms. The highest BCUT2D eigenvalue weighted by atomic mass is 16.6. The maximum atomic E-state index is 11.0. The van der Waals surface area contributed by atoms with Gasteiger partial charge in [0.15, 0.2) is 0 Å². The topological polar surface area (TPSA) is 100 Å². The van der Waals surface area contributed by atoms with Gasteiger partial charge in [-0.15, -0.1) is 0 Å². The van der Waals surface area contributed by atoms with Gasteiger partial charge in [0.05, 0.1) is 10.5 Å². The Labute approximate surface area is 117 Å². The lowest BCUT2D eigenvalue weighted by Gasteiger charge is -2.32. The Bertz CT molecular complexity index is 487. The molecule has 1 aliphatic carbocycles. The number of nitrogens with zero attached hydrogens (tertiary/aromatic N) is 2. The first kappa shape index (κ1) is 14.5. The van der Waals surface area contributed by atoms with Crippen molar-refractivity contribution in [2.24, 2.45) is 0 Å². The van der Waals surface area contributed by atoms with E-state index in [1.165, 1.54) is 6.07 Å². The minimum atomic E-state index is -0.788. The van der Waals surface area contributed by atoms with E-state index in [2.05, 4.69) is 15.6 Å². The standard InChI is InChI=1S/C13H20N4O3/c1-14-11-6-5-10(17(19)20)12(16-11)15-9-13(18)7-3-2-4-8-13/h5-6,18H,2-4,7-9H2,1H3,(H2,14,15,16). The van der Waals surface area contributed by atoms with Crippen molar-refractivity contribution in [2.45, 2.75) is 37.7 Å². The number of rotatable bonds is 5. The van der Waals surface area contributed by atoms with Crippen LogP contribution >= 0.6 is 0 Å². The maximum absolute atomic E-state index is 11.0. The Morgan fingerprint density at radius 1 is 1.40 bits per heavy atom. The molecule has 2 rings (SSSR count). The second-order valence-electron chi connectivity index (χ2n) is 5.21. The average Bonchev–Trinajstić information content (AvgIpc) is 2.45. The van der Waals surface area contributed by atoms with Crippen LogP contribution in [0.25, 0.3) is 0 Å². The fraction of sp³-hybridized carbons (Fsp3) is 0.615. The third-order valence-corrected chi connectivity index (χ3v) is 3.70. The summed E-state index contributed by atoms with van der Waals surface area (Å²) >= 11 is 0. The fourth-order valence-electron chi connectivity index (χ4n) is 2.50. The Morgan fingerprint density at radius 2 is 2.10 bits per heavy atom. The molecule has 20 heavy (non-hydrogen) atoms. The molecular formula is C13H20N4O3. The van der Waals surface area contributed by atoms with Crippen LogP contribution in [0.15, 0.2) is 12.1 Å². The highest BCUT2D eigenvalue weighted by Crippen LogP contribution is 2.30. The Balaban J connectivity index is 2.12. The summed E-state index contributed by atoms with van der Waals surface area (Å²) < 4.78 is 0. The lowest BCUT2D eigenvalue weighted by atomic mass is 9.85. The molecule has 0 bridgehead atoms. The summed E-state index contributed by atoms with van der Waals surface area (Å²) in [7, 11) is 1.70. The minimum absolute atomic E-state index is 0.0802. The molecule has 0 atom stereocenters. The molecular weight excluding hydrogens is 260 g/mol. The van der Waals surface area contributed by atoms with Gasteiger partial charge >= 0.3 is 5.69 Å². The summed E-state index contributed by atoms with van der Waals surface area (Å²) in [6.07, 6.45) is 4.56. The minimum Gasteiger partial charge on any atom is -0.388 e. The summed E-state index contributed by atoms with van der Waals surface area (Å²) in [5.74, 6) is 0.745. The van der Waals surface area contributed by atoms with Gasteiger partial charge in [-0.25, -0.2) is 4.98 Å². The SMILES string of the molecule is CNc1ccc([N+](=O)[O-])c(NCC2(O)CCCCC2)n1. The van der Waals surface area contributed by atoms with E-state index in [1.54, 1.807) is 13.1 Å². The third-order valence-electron chi connectivity index (χ3n) is 3.70. The predicted octanol–water partition coefficient (Wildman–Crippen LogP) is 2.14. The van der Waals surface area contributed by atoms with Crippen LogP contribution in [0, 0.1) is 10.1 Å². The van der Waals surface area contributed by atoms with Crippen molar-refractivity contribution in [3.8, 4) is 0 Å². The Morgan fingerprint density at radius 3 is 2.70 bits per heavy atom. The number of anilines is 2. The van der Waals surface area contributed by atoms with Crippen molar-refractivity contribution in [3.63, 3.8) is 0 Å². The van der Waals surface area contributed by atoms with E-state index < -0.39 is 10.5 Å². The number of nitro groups is 1. The van der Waals surface area contributed by atoms with Crippen molar-refractivity contribution >= 4 is 17.3 Å². The highest BCUT2D eigenvalue weighted by molar-refractivity contribution is 5.60. The largest absolute Gasteiger partial charge is 0.388 e. The maximum Gasteiger partial charge on any atom is 0.311 e. The third kappa shape index (κ3) is 3.36. The average molecular weight is 280 g/mol. The van der Waals surface area contributed by atoms with Crippen LogP contribution in [0.4, 0.5) is 17.3 Å². The van der Waals surface area contributed by atoms with E-state index in [1.807, 2.05) is 0 Å². The number of aromatic nitrogens is 1. The van der Waals surface area contributed by atoms with Crippen LogP contribution in [-0.2, 0) is 0 Å². The molecule has 1 aromatic rings. The Hall–Kier alpha value is -1.89. The fourth-order valence-corrected chi connectivity index (χ4v) is 2.50. The van der Waals surface area contributed by atoms with Gasteiger partial charge in [-0.3, -0.25) is 10.1 Å². The number of pyridine rings is 1. The number of nitrogens with one attached hydrogen (secondary N) is 2. The van der Waals surface area contributed by atoms with Gasteiger partial charge in [-0.05, 0) is 18.9 Å². The molecule has 1 heterocycles. The van der Waals surface area contributed by atoms with Gasteiger partial charge in [0.1, 0.15) is 5.82 Å². The monoisotopic (exact) mass is 280 g/mol. The second kappa shape index (κ2) is 6.04.